The van der Waals surface area contributed by atoms with Gasteiger partial charge in [-0.2, -0.15) is 0 Å². The zero-order valence-electron chi connectivity index (χ0n) is 14.2. The zero-order chi connectivity index (χ0) is 17.7. The van der Waals surface area contributed by atoms with E-state index in [0.29, 0.717) is 30.4 Å². The minimum Gasteiger partial charge on any atom is -0.300 e. The fourth-order valence-corrected chi connectivity index (χ4v) is 5.27. The Morgan fingerprint density at radius 2 is 2.21 bits per heavy atom. The van der Waals surface area contributed by atoms with Crippen LogP contribution in [-0.4, -0.2) is 53.4 Å². The Bertz CT molecular complexity index is 660. The number of rotatable bonds is 7. The molecule has 0 bridgehead atoms. The van der Waals surface area contributed by atoms with Gasteiger partial charge in [-0.1, -0.05) is 36.9 Å². The number of piperidine rings is 1. The molecule has 136 valence electrons. The predicted octanol–water partition coefficient (Wildman–Crippen LogP) is 2.29. The highest BCUT2D eigenvalue weighted by atomic mass is 32.2. The molecule has 1 aromatic rings. The first kappa shape index (κ1) is 19.6. The number of amides is 1. The molecule has 0 unspecified atom stereocenters. The van der Waals surface area contributed by atoms with Crippen LogP contribution in [-0.2, 0) is 14.8 Å². The molecule has 1 aromatic heterocycles. The molecule has 1 atom stereocenters. The van der Waals surface area contributed by atoms with Crippen molar-refractivity contribution >= 4 is 44.2 Å². The Morgan fingerprint density at radius 1 is 1.46 bits per heavy atom. The minimum atomic E-state index is -3.25. The molecule has 10 heteroatoms. The van der Waals surface area contributed by atoms with Gasteiger partial charge in [0, 0.05) is 18.8 Å². The van der Waals surface area contributed by atoms with Crippen molar-refractivity contribution in [2.75, 3.05) is 29.9 Å². The maximum absolute atomic E-state index is 12.4. The summed E-state index contributed by atoms with van der Waals surface area (Å²) in [5, 5.41) is 11.3. The molecule has 0 saturated carbocycles. The predicted molar refractivity (Wildman–Crippen MR) is 97.9 cm³/mol. The van der Waals surface area contributed by atoms with E-state index in [2.05, 4.69) is 29.4 Å². The molecule has 1 aliphatic heterocycles. The first-order chi connectivity index (χ1) is 11.3. The molecule has 1 N–H and O–H groups in total. The molecule has 1 aliphatic rings. The lowest BCUT2D eigenvalue weighted by Crippen LogP contribution is -2.44. The third kappa shape index (κ3) is 5.40. The van der Waals surface area contributed by atoms with Crippen LogP contribution in [0.4, 0.5) is 5.13 Å². The number of hydrogen-bond donors (Lipinski definition) is 1. The minimum absolute atomic E-state index is 0.0637. The van der Waals surface area contributed by atoms with Crippen LogP contribution < -0.4 is 5.32 Å². The summed E-state index contributed by atoms with van der Waals surface area (Å²) in [5.41, 5.74) is 0. The van der Waals surface area contributed by atoms with Crippen molar-refractivity contribution in [2.45, 2.75) is 38.0 Å². The van der Waals surface area contributed by atoms with Crippen molar-refractivity contribution in [3.05, 3.63) is 0 Å². The molecule has 0 spiro atoms. The van der Waals surface area contributed by atoms with Gasteiger partial charge >= 0.3 is 0 Å². The van der Waals surface area contributed by atoms with Crippen LogP contribution in [0.5, 0.6) is 0 Å². The van der Waals surface area contributed by atoms with Crippen LogP contribution >= 0.6 is 23.1 Å². The summed E-state index contributed by atoms with van der Waals surface area (Å²) >= 11 is 2.98. The third-order valence-electron chi connectivity index (χ3n) is 3.69. The highest BCUT2D eigenvalue weighted by Gasteiger charge is 2.31. The van der Waals surface area contributed by atoms with E-state index in [-0.39, 0.29) is 24.1 Å². The Balaban J connectivity index is 1.92. The largest absolute Gasteiger partial charge is 0.300 e. The molecular weight excluding hydrogens is 368 g/mol. The number of sulfonamides is 1. The number of hydrogen-bond acceptors (Lipinski definition) is 7. The first-order valence-electron chi connectivity index (χ1n) is 8.06. The summed E-state index contributed by atoms with van der Waals surface area (Å²) in [6.45, 7) is 6.63. The lowest BCUT2D eigenvalue weighted by Gasteiger charge is -2.30. The molecule has 2 heterocycles. The number of anilines is 1. The second kappa shape index (κ2) is 8.59. The molecule has 1 saturated heterocycles. The van der Waals surface area contributed by atoms with Gasteiger partial charge in [0.05, 0.1) is 11.7 Å². The Morgan fingerprint density at radius 3 is 2.88 bits per heavy atom. The van der Waals surface area contributed by atoms with Gasteiger partial charge in [0.25, 0.3) is 0 Å². The van der Waals surface area contributed by atoms with E-state index in [1.807, 2.05) is 0 Å². The second-order valence-corrected chi connectivity index (χ2v) is 10.7. The van der Waals surface area contributed by atoms with E-state index in [1.54, 1.807) is 18.7 Å². The molecule has 2 rings (SSSR count). The van der Waals surface area contributed by atoms with Crippen LogP contribution in [0.3, 0.4) is 0 Å². The molecule has 1 amide bonds. The number of carbonyl (C=O) groups excluding carboxylic acids is 1. The monoisotopic (exact) mass is 392 g/mol. The quantitative estimate of drug-likeness (QED) is 0.565. The van der Waals surface area contributed by atoms with Crippen molar-refractivity contribution in [3.63, 3.8) is 0 Å². The van der Waals surface area contributed by atoms with Gasteiger partial charge in [-0.3, -0.25) is 4.79 Å². The van der Waals surface area contributed by atoms with Gasteiger partial charge in [0.2, 0.25) is 21.1 Å². The van der Waals surface area contributed by atoms with Crippen molar-refractivity contribution in [1.29, 1.82) is 0 Å². The average Bonchev–Trinajstić information content (AvgIpc) is 3.00. The Labute approximate surface area is 151 Å². The molecule has 0 radical (unpaired) electrons. The van der Waals surface area contributed by atoms with E-state index in [4.69, 9.17) is 0 Å². The van der Waals surface area contributed by atoms with Gasteiger partial charge in [-0.15, -0.1) is 10.2 Å². The SMILES string of the molecule is CCS(=O)(=O)N1CCC[C@@H](C(=O)Nc2nnc(SCC(C)C)s2)C1. The summed E-state index contributed by atoms with van der Waals surface area (Å²) in [6, 6.07) is 0. The Kier molecular flexibility index (Phi) is 7.02. The number of nitrogens with zero attached hydrogens (tertiary/aromatic N) is 3. The number of carbonyl (C=O) groups is 1. The van der Waals surface area contributed by atoms with Crippen molar-refractivity contribution in [1.82, 2.24) is 14.5 Å². The number of thioether (sulfide) groups is 1. The second-order valence-electron chi connectivity index (χ2n) is 6.16. The summed E-state index contributed by atoms with van der Waals surface area (Å²) in [5.74, 6) is 1.06. The topological polar surface area (TPSA) is 92.3 Å². The normalized spacial score (nSPS) is 19.6. The van der Waals surface area contributed by atoms with Crippen LogP contribution in [0.15, 0.2) is 4.34 Å². The van der Waals surface area contributed by atoms with E-state index in [9.17, 15) is 13.2 Å². The summed E-state index contributed by atoms with van der Waals surface area (Å²) < 4.78 is 26.2. The maximum atomic E-state index is 12.4. The zero-order valence-corrected chi connectivity index (χ0v) is 16.6. The average molecular weight is 393 g/mol. The van der Waals surface area contributed by atoms with Crippen LogP contribution in [0.2, 0.25) is 0 Å². The van der Waals surface area contributed by atoms with E-state index in [0.717, 1.165) is 10.1 Å². The molecular formula is C14H24N4O3S3. The fourth-order valence-electron chi connectivity index (χ4n) is 2.36. The standard InChI is InChI=1S/C14H24N4O3S3/c1-4-24(20,21)18-7-5-6-11(8-18)12(19)15-13-16-17-14(23-13)22-9-10(2)3/h10-11H,4-9H2,1-3H3,(H,15,16,19)/t11-/m1/s1. The molecule has 0 aliphatic carbocycles. The summed E-state index contributed by atoms with van der Waals surface area (Å²) in [7, 11) is -3.25. The van der Waals surface area contributed by atoms with Gasteiger partial charge in [-0.25, -0.2) is 12.7 Å². The molecule has 7 nitrogen and oxygen atoms in total. The van der Waals surface area contributed by atoms with Gasteiger partial charge in [-0.05, 0) is 25.7 Å². The van der Waals surface area contributed by atoms with Gasteiger partial charge < -0.3 is 5.32 Å². The highest BCUT2D eigenvalue weighted by Crippen LogP contribution is 2.28. The Hall–Kier alpha value is -0.710. The van der Waals surface area contributed by atoms with Crippen molar-refractivity contribution < 1.29 is 13.2 Å². The van der Waals surface area contributed by atoms with Crippen molar-refractivity contribution in [2.24, 2.45) is 11.8 Å². The maximum Gasteiger partial charge on any atom is 0.230 e. The molecule has 0 aromatic carbocycles. The van der Waals surface area contributed by atoms with Gasteiger partial charge in [0.1, 0.15) is 0 Å². The molecule has 24 heavy (non-hydrogen) atoms. The van der Waals surface area contributed by atoms with E-state index < -0.39 is 10.0 Å². The molecule has 1 fully saturated rings. The lowest BCUT2D eigenvalue weighted by molar-refractivity contribution is -0.120. The van der Waals surface area contributed by atoms with Crippen molar-refractivity contribution in [3.8, 4) is 0 Å². The summed E-state index contributed by atoms with van der Waals surface area (Å²) in [4.78, 5) is 12.4. The number of aromatic nitrogens is 2. The fraction of sp³-hybridized carbons (Fsp3) is 0.786. The van der Waals surface area contributed by atoms with E-state index in [1.165, 1.54) is 15.6 Å². The van der Waals surface area contributed by atoms with E-state index >= 15 is 0 Å². The van der Waals surface area contributed by atoms with Gasteiger partial charge in [0.15, 0.2) is 4.34 Å². The number of nitrogens with one attached hydrogen (secondary N) is 1. The first-order valence-corrected chi connectivity index (χ1v) is 11.5. The van der Waals surface area contributed by atoms with Crippen LogP contribution in [0.1, 0.15) is 33.6 Å². The highest BCUT2D eigenvalue weighted by molar-refractivity contribution is 8.01. The van der Waals surface area contributed by atoms with Crippen LogP contribution in [0, 0.1) is 11.8 Å². The summed E-state index contributed by atoms with van der Waals surface area (Å²) in [6.07, 6.45) is 1.39. The lowest BCUT2D eigenvalue weighted by atomic mass is 9.99. The smallest absolute Gasteiger partial charge is 0.230 e. The van der Waals surface area contributed by atoms with Crippen LogP contribution in [0.25, 0.3) is 0 Å². The third-order valence-corrected chi connectivity index (χ3v) is 7.94.